The Morgan fingerprint density at radius 1 is 0.889 bits per heavy atom. The van der Waals surface area contributed by atoms with Crippen LogP contribution in [-0.2, 0) is 11.3 Å². The van der Waals surface area contributed by atoms with E-state index in [4.69, 9.17) is 18.7 Å². The summed E-state index contributed by atoms with van der Waals surface area (Å²) in [5.74, 6) is -0.154. The van der Waals surface area contributed by atoms with Gasteiger partial charge in [0.2, 0.25) is 5.82 Å². The number of fused-ring (bicyclic) bond motifs is 1. The summed E-state index contributed by atoms with van der Waals surface area (Å²) in [4.78, 5) is 43.5. The van der Waals surface area contributed by atoms with Gasteiger partial charge in [-0.3, -0.25) is 9.59 Å². The van der Waals surface area contributed by atoms with Crippen molar-refractivity contribution in [2.75, 3.05) is 19.1 Å². The molecule has 0 saturated carbocycles. The SMILES string of the molecule is COc1ccc(-c2noc(COC(=O)c3cccc(N4C(=O)c5ccccc5C4=O)c3)n2)c(OC)c1. The summed E-state index contributed by atoms with van der Waals surface area (Å²) in [6.07, 6.45) is 0. The minimum Gasteiger partial charge on any atom is -0.497 e. The third-order valence-corrected chi connectivity index (χ3v) is 5.58. The summed E-state index contributed by atoms with van der Waals surface area (Å²) in [6.45, 7) is -0.276. The third-order valence-electron chi connectivity index (χ3n) is 5.58. The van der Waals surface area contributed by atoms with Gasteiger partial charge in [-0.15, -0.1) is 0 Å². The lowest BCUT2D eigenvalue weighted by atomic mass is 10.1. The molecule has 0 unspecified atom stereocenters. The molecule has 2 amide bonds. The maximum Gasteiger partial charge on any atom is 0.338 e. The predicted molar refractivity (Wildman–Crippen MR) is 126 cm³/mol. The zero-order valence-electron chi connectivity index (χ0n) is 19.3. The first-order valence-electron chi connectivity index (χ1n) is 10.8. The number of ether oxygens (including phenoxy) is 3. The first-order chi connectivity index (χ1) is 17.5. The van der Waals surface area contributed by atoms with E-state index in [1.165, 1.54) is 19.2 Å². The van der Waals surface area contributed by atoms with Crippen molar-refractivity contribution in [1.29, 1.82) is 0 Å². The zero-order chi connectivity index (χ0) is 25.2. The summed E-state index contributed by atoms with van der Waals surface area (Å²) in [7, 11) is 3.06. The Morgan fingerprint density at radius 2 is 1.64 bits per heavy atom. The number of anilines is 1. The number of carbonyl (C=O) groups excluding carboxylic acids is 3. The lowest BCUT2D eigenvalue weighted by molar-refractivity contribution is 0.0429. The predicted octanol–water partition coefficient (Wildman–Crippen LogP) is 3.91. The minimum atomic E-state index is -0.685. The molecule has 1 aliphatic rings. The smallest absolute Gasteiger partial charge is 0.338 e. The molecule has 180 valence electrons. The van der Waals surface area contributed by atoms with Gasteiger partial charge >= 0.3 is 5.97 Å². The van der Waals surface area contributed by atoms with Crippen molar-refractivity contribution < 1.29 is 33.1 Å². The molecular formula is C26H19N3O7. The van der Waals surface area contributed by atoms with Crippen LogP contribution in [0.1, 0.15) is 37.0 Å². The highest BCUT2D eigenvalue weighted by atomic mass is 16.6. The molecule has 3 aromatic carbocycles. The molecule has 10 heteroatoms. The molecular weight excluding hydrogens is 466 g/mol. The van der Waals surface area contributed by atoms with E-state index in [0.717, 1.165) is 4.90 Å². The van der Waals surface area contributed by atoms with Crippen LogP contribution in [0.25, 0.3) is 11.4 Å². The molecule has 1 aromatic heterocycles. The van der Waals surface area contributed by atoms with Crippen molar-refractivity contribution in [3.05, 3.63) is 89.3 Å². The van der Waals surface area contributed by atoms with Crippen LogP contribution >= 0.6 is 0 Å². The summed E-state index contributed by atoms with van der Waals surface area (Å²) < 4.78 is 21.1. The molecule has 0 aliphatic carbocycles. The van der Waals surface area contributed by atoms with Crippen molar-refractivity contribution in [3.63, 3.8) is 0 Å². The summed E-state index contributed by atoms with van der Waals surface area (Å²) in [5.41, 5.74) is 1.63. The van der Waals surface area contributed by atoms with Crippen molar-refractivity contribution in [3.8, 4) is 22.9 Å². The number of hydrogen-bond acceptors (Lipinski definition) is 9. The maximum atomic E-state index is 12.7. The second kappa shape index (κ2) is 9.34. The molecule has 0 N–H and O–H groups in total. The van der Waals surface area contributed by atoms with E-state index >= 15 is 0 Å². The van der Waals surface area contributed by atoms with Gasteiger partial charge in [-0.1, -0.05) is 23.4 Å². The Labute approximate surface area is 205 Å². The van der Waals surface area contributed by atoms with Gasteiger partial charge in [-0.2, -0.15) is 4.98 Å². The molecule has 10 nitrogen and oxygen atoms in total. The van der Waals surface area contributed by atoms with Crippen LogP contribution < -0.4 is 14.4 Å². The molecule has 0 bridgehead atoms. The third kappa shape index (κ3) is 4.05. The monoisotopic (exact) mass is 485 g/mol. The molecule has 0 spiro atoms. The average molecular weight is 485 g/mol. The highest BCUT2D eigenvalue weighted by molar-refractivity contribution is 6.34. The number of nitrogens with zero attached hydrogens (tertiary/aromatic N) is 3. The molecule has 4 aromatic rings. The van der Waals surface area contributed by atoms with Crippen LogP contribution in [0.3, 0.4) is 0 Å². The Balaban J connectivity index is 1.29. The molecule has 0 fully saturated rings. The number of amides is 2. The van der Waals surface area contributed by atoms with Crippen LogP contribution in [-0.4, -0.2) is 42.1 Å². The van der Waals surface area contributed by atoms with Crippen LogP contribution in [0.4, 0.5) is 5.69 Å². The molecule has 36 heavy (non-hydrogen) atoms. The lowest BCUT2D eigenvalue weighted by Crippen LogP contribution is -2.29. The quantitative estimate of drug-likeness (QED) is 0.283. The summed E-state index contributed by atoms with van der Waals surface area (Å²) in [6, 6.07) is 17.8. The fourth-order valence-electron chi connectivity index (χ4n) is 3.81. The Kier molecular flexibility index (Phi) is 5.91. The van der Waals surface area contributed by atoms with E-state index in [-0.39, 0.29) is 29.6 Å². The average Bonchev–Trinajstić information content (AvgIpc) is 3.49. The van der Waals surface area contributed by atoms with Gasteiger partial charge in [-0.05, 0) is 42.5 Å². The second-order valence-corrected chi connectivity index (χ2v) is 7.70. The highest BCUT2D eigenvalue weighted by Gasteiger charge is 2.36. The fourth-order valence-corrected chi connectivity index (χ4v) is 3.81. The molecule has 5 rings (SSSR count). The van der Waals surface area contributed by atoms with Gasteiger partial charge in [0.25, 0.3) is 17.7 Å². The van der Waals surface area contributed by atoms with Gasteiger partial charge < -0.3 is 18.7 Å². The topological polar surface area (TPSA) is 121 Å². The van der Waals surface area contributed by atoms with Crippen molar-refractivity contribution in [2.24, 2.45) is 0 Å². The van der Waals surface area contributed by atoms with Crippen molar-refractivity contribution in [1.82, 2.24) is 10.1 Å². The van der Waals surface area contributed by atoms with Gasteiger partial charge in [0.1, 0.15) is 11.5 Å². The number of carbonyl (C=O) groups is 3. The summed E-state index contributed by atoms with van der Waals surface area (Å²) in [5, 5.41) is 3.92. The van der Waals surface area contributed by atoms with E-state index < -0.39 is 17.8 Å². The molecule has 0 saturated heterocycles. The van der Waals surface area contributed by atoms with Crippen molar-refractivity contribution >= 4 is 23.5 Å². The molecule has 0 radical (unpaired) electrons. The van der Waals surface area contributed by atoms with E-state index in [1.807, 2.05) is 0 Å². The van der Waals surface area contributed by atoms with Gasteiger partial charge in [0.05, 0.1) is 42.2 Å². The largest absolute Gasteiger partial charge is 0.497 e. The number of rotatable bonds is 7. The van der Waals surface area contributed by atoms with Crippen LogP contribution in [0, 0.1) is 0 Å². The second-order valence-electron chi connectivity index (χ2n) is 7.70. The van der Waals surface area contributed by atoms with Gasteiger partial charge in [0.15, 0.2) is 6.61 Å². The molecule has 2 heterocycles. The zero-order valence-corrected chi connectivity index (χ0v) is 19.3. The number of imide groups is 1. The fraction of sp³-hybridized carbons (Fsp3) is 0.115. The van der Waals surface area contributed by atoms with Gasteiger partial charge in [0, 0.05) is 6.07 Å². The highest BCUT2D eigenvalue weighted by Crippen LogP contribution is 2.32. The molecule has 1 aliphatic heterocycles. The number of hydrogen-bond donors (Lipinski definition) is 0. The first-order valence-corrected chi connectivity index (χ1v) is 10.8. The van der Waals surface area contributed by atoms with Crippen LogP contribution in [0.2, 0.25) is 0 Å². The van der Waals surface area contributed by atoms with Crippen molar-refractivity contribution in [2.45, 2.75) is 6.61 Å². The normalized spacial score (nSPS) is 12.4. The van der Waals surface area contributed by atoms with Crippen LogP contribution in [0.15, 0.2) is 71.3 Å². The maximum absolute atomic E-state index is 12.7. The van der Waals surface area contributed by atoms with E-state index in [9.17, 15) is 14.4 Å². The number of benzene rings is 3. The van der Waals surface area contributed by atoms with E-state index in [1.54, 1.807) is 61.7 Å². The standard InChI is InChI=1S/C26H19N3O7/c1-33-17-10-11-20(21(13-17)34-2)23-27-22(36-28-23)14-35-26(32)15-6-5-7-16(12-15)29-24(30)18-8-3-4-9-19(18)25(29)31/h3-13H,14H2,1-2H3. The Hall–Kier alpha value is -4.99. The lowest BCUT2D eigenvalue weighted by Gasteiger charge is -2.14. The minimum absolute atomic E-state index is 0.0766. The Morgan fingerprint density at radius 3 is 2.33 bits per heavy atom. The van der Waals surface area contributed by atoms with Gasteiger partial charge in [-0.25, -0.2) is 9.69 Å². The number of aromatic nitrogens is 2. The first kappa shape index (κ1) is 22.8. The number of esters is 1. The number of methoxy groups -OCH3 is 2. The van der Waals surface area contributed by atoms with Crippen LogP contribution in [0.5, 0.6) is 11.5 Å². The Bertz CT molecular complexity index is 1460. The summed E-state index contributed by atoms with van der Waals surface area (Å²) >= 11 is 0. The van der Waals surface area contributed by atoms with E-state index in [0.29, 0.717) is 28.2 Å². The molecule has 0 atom stereocenters. The van der Waals surface area contributed by atoms with E-state index in [2.05, 4.69) is 10.1 Å².